The number of hydrogen-bond acceptors (Lipinski definition) is 6. The minimum Gasteiger partial charge on any atom is -0.341 e. The van der Waals surface area contributed by atoms with E-state index in [9.17, 15) is 4.79 Å². The van der Waals surface area contributed by atoms with E-state index in [0.717, 1.165) is 24.9 Å². The molecular weight excluding hydrogens is 342 g/mol. The van der Waals surface area contributed by atoms with Crippen molar-refractivity contribution in [2.45, 2.75) is 32.4 Å². The number of nitrogens with one attached hydrogen (secondary N) is 1. The van der Waals surface area contributed by atoms with Crippen LogP contribution in [0.4, 0.5) is 5.95 Å². The summed E-state index contributed by atoms with van der Waals surface area (Å²) >= 11 is 0. The Kier molecular flexibility index (Phi) is 4.38. The Morgan fingerprint density at radius 1 is 1.41 bits per heavy atom. The van der Waals surface area contributed by atoms with Crippen LogP contribution in [0, 0.1) is 18.3 Å². The van der Waals surface area contributed by atoms with E-state index in [4.69, 9.17) is 11.0 Å². The summed E-state index contributed by atoms with van der Waals surface area (Å²) < 4.78 is 1.65. The highest BCUT2D eigenvalue weighted by atomic mass is 16.1. The van der Waals surface area contributed by atoms with Crippen molar-refractivity contribution in [1.82, 2.24) is 19.5 Å². The third kappa shape index (κ3) is 3.29. The molecule has 1 atom stereocenters. The van der Waals surface area contributed by atoms with Gasteiger partial charge in [-0.05, 0) is 37.5 Å². The normalized spacial score (nSPS) is 17.2. The highest BCUT2D eigenvalue weighted by molar-refractivity contribution is 5.71. The minimum absolute atomic E-state index is 0.0580. The molecule has 0 amide bonds. The van der Waals surface area contributed by atoms with Gasteiger partial charge < -0.3 is 15.6 Å². The van der Waals surface area contributed by atoms with E-state index in [2.05, 4.69) is 25.9 Å². The molecule has 1 saturated heterocycles. The van der Waals surface area contributed by atoms with Crippen LogP contribution >= 0.6 is 0 Å². The Morgan fingerprint density at radius 3 is 3.04 bits per heavy atom. The Hall–Kier alpha value is -3.18. The molecule has 0 unspecified atom stereocenters. The summed E-state index contributed by atoms with van der Waals surface area (Å²) in [6.45, 7) is 3.58. The molecule has 1 fully saturated rings. The van der Waals surface area contributed by atoms with Gasteiger partial charge in [0.25, 0.3) is 5.56 Å². The van der Waals surface area contributed by atoms with Crippen molar-refractivity contribution in [1.29, 1.82) is 5.26 Å². The maximum Gasteiger partial charge on any atom is 0.281 e. The lowest BCUT2D eigenvalue weighted by Gasteiger charge is -2.32. The number of H-pyrrole nitrogens is 1. The van der Waals surface area contributed by atoms with Crippen LogP contribution in [0.3, 0.4) is 0 Å². The second-order valence-corrected chi connectivity index (χ2v) is 6.98. The number of anilines is 1. The number of rotatable bonds is 3. The van der Waals surface area contributed by atoms with Crippen LogP contribution in [0.15, 0.2) is 29.1 Å². The molecular formula is C19H21N7O. The number of benzene rings is 1. The van der Waals surface area contributed by atoms with Gasteiger partial charge in [0, 0.05) is 19.1 Å². The van der Waals surface area contributed by atoms with E-state index in [1.165, 1.54) is 0 Å². The predicted octanol–water partition coefficient (Wildman–Crippen LogP) is 1.28. The van der Waals surface area contributed by atoms with Gasteiger partial charge in [0.2, 0.25) is 5.95 Å². The van der Waals surface area contributed by atoms with E-state index < -0.39 is 0 Å². The van der Waals surface area contributed by atoms with Crippen LogP contribution in [0.2, 0.25) is 0 Å². The Morgan fingerprint density at radius 2 is 2.26 bits per heavy atom. The van der Waals surface area contributed by atoms with Gasteiger partial charge in [-0.3, -0.25) is 9.36 Å². The summed E-state index contributed by atoms with van der Waals surface area (Å²) in [6, 6.07) is 9.46. The van der Waals surface area contributed by atoms with E-state index in [0.29, 0.717) is 41.6 Å². The molecule has 27 heavy (non-hydrogen) atoms. The number of nitriles is 1. The lowest BCUT2D eigenvalue weighted by atomic mass is 10.1. The summed E-state index contributed by atoms with van der Waals surface area (Å²) in [5.74, 6) is 1.23. The maximum atomic E-state index is 13.2. The monoisotopic (exact) mass is 363 g/mol. The number of nitrogens with zero attached hydrogens (tertiary/aromatic N) is 5. The number of fused-ring (bicyclic) bond motifs is 1. The average molecular weight is 363 g/mol. The Bertz CT molecular complexity index is 1090. The maximum absolute atomic E-state index is 13.2. The van der Waals surface area contributed by atoms with Crippen molar-refractivity contribution in [3.8, 4) is 6.07 Å². The van der Waals surface area contributed by atoms with Gasteiger partial charge in [0.15, 0.2) is 11.2 Å². The Labute approximate surface area is 156 Å². The topological polar surface area (TPSA) is 117 Å². The van der Waals surface area contributed by atoms with Gasteiger partial charge in [-0.15, -0.1) is 0 Å². The molecule has 2 aromatic heterocycles. The number of nitrogens with two attached hydrogens (primary N) is 1. The summed E-state index contributed by atoms with van der Waals surface area (Å²) in [7, 11) is 0. The zero-order valence-corrected chi connectivity index (χ0v) is 15.1. The largest absolute Gasteiger partial charge is 0.341 e. The fourth-order valence-electron chi connectivity index (χ4n) is 3.59. The molecule has 3 N–H and O–H groups in total. The lowest BCUT2D eigenvalue weighted by Crippen LogP contribution is -2.45. The molecule has 4 rings (SSSR count). The fourth-order valence-corrected chi connectivity index (χ4v) is 3.59. The first-order valence-electron chi connectivity index (χ1n) is 9.02. The molecule has 0 bridgehead atoms. The van der Waals surface area contributed by atoms with Crippen LogP contribution in [0.1, 0.15) is 29.8 Å². The first-order chi connectivity index (χ1) is 13.0. The molecule has 0 aliphatic carbocycles. The second kappa shape index (κ2) is 6.85. The first-order valence-corrected chi connectivity index (χ1v) is 9.02. The summed E-state index contributed by atoms with van der Waals surface area (Å²) in [5.41, 5.74) is 8.23. The molecule has 1 aliphatic rings. The zero-order chi connectivity index (χ0) is 19.0. The third-order valence-corrected chi connectivity index (χ3v) is 4.85. The summed E-state index contributed by atoms with van der Waals surface area (Å²) in [5, 5.41) is 9.15. The van der Waals surface area contributed by atoms with Gasteiger partial charge in [0.1, 0.15) is 5.82 Å². The number of hydrogen-bond donors (Lipinski definition) is 2. The van der Waals surface area contributed by atoms with Gasteiger partial charge >= 0.3 is 0 Å². The van der Waals surface area contributed by atoms with Crippen LogP contribution < -0.4 is 16.2 Å². The molecule has 1 aromatic carbocycles. The van der Waals surface area contributed by atoms with Crippen molar-refractivity contribution in [2.75, 3.05) is 18.0 Å². The SMILES string of the molecule is Cc1nc2nc(N3CCC[C@@H](N)C3)n(Cc3cccc(C#N)c3)c(=O)c2[nH]1. The van der Waals surface area contributed by atoms with Gasteiger partial charge in [-0.2, -0.15) is 10.2 Å². The zero-order valence-electron chi connectivity index (χ0n) is 15.1. The number of aryl methyl sites for hydroxylation is 1. The van der Waals surface area contributed by atoms with Gasteiger partial charge in [-0.25, -0.2) is 4.98 Å². The van der Waals surface area contributed by atoms with Crippen LogP contribution in [-0.4, -0.2) is 38.7 Å². The summed E-state index contributed by atoms with van der Waals surface area (Å²) in [6.07, 6.45) is 1.92. The van der Waals surface area contributed by atoms with Crippen molar-refractivity contribution in [3.05, 3.63) is 51.6 Å². The highest BCUT2D eigenvalue weighted by Gasteiger charge is 2.23. The van der Waals surface area contributed by atoms with E-state index in [1.807, 2.05) is 12.1 Å². The standard InChI is InChI=1S/C19H21N7O/c1-12-22-16-17(23-12)24-19(25-7-3-6-15(21)11-25)26(18(16)27)10-14-5-2-4-13(8-14)9-20/h2,4-5,8,15H,3,6-7,10-11,21H2,1H3,(H,22,23)/t15-/m1/s1. The third-order valence-electron chi connectivity index (χ3n) is 4.85. The smallest absolute Gasteiger partial charge is 0.281 e. The molecule has 1 aliphatic heterocycles. The molecule has 3 heterocycles. The fraction of sp³-hybridized carbons (Fsp3) is 0.368. The van der Waals surface area contributed by atoms with Gasteiger partial charge in [0.05, 0.1) is 18.2 Å². The number of aromatic nitrogens is 4. The van der Waals surface area contributed by atoms with E-state index in [1.54, 1.807) is 23.6 Å². The number of aromatic amines is 1. The first kappa shape index (κ1) is 17.2. The van der Waals surface area contributed by atoms with Crippen molar-refractivity contribution >= 4 is 17.1 Å². The van der Waals surface area contributed by atoms with Crippen LogP contribution in [0.25, 0.3) is 11.2 Å². The predicted molar refractivity (Wildman–Crippen MR) is 103 cm³/mol. The summed E-state index contributed by atoms with van der Waals surface area (Å²) in [4.78, 5) is 27.3. The Balaban J connectivity index is 1.85. The van der Waals surface area contributed by atoms with E-state index >= 15 is 0 Å². The van der Waals surface area contributed by atoms with Gasteiger partial charge in [-0.1, -0.05) is 12.1 Å². The number of imidazole rings is 1. The highest BCUT2D eigenvalue weighted by Crippen LogP contribution is 2.20. The van der Waals surface area contributed by atoms with Crippen LogP contribution in [-0.2, 0) is 6.54 Å². The molecule has 0 saturated carbocycles. The average Bonchev–Trinajstić information content (AvgIpc) is 3.05. The van der Waals surface area contributed by atoms with Crippen molar-refractivity contribution < 1.29 is 0 Å². The van der Waals surface area contributed by atoms with E-state index in [-0.39, 0.29) is 11.6 Å². The van der Waals surface area contributed by atoms with Crippen LogP contribution in [0.5, 0.6) is 0 Å². The molecule has 0 radical (unpaired) electrons. The molecule has 0 spiro atoms. The quantitative estimate of drug-likeness (QED) is 0.724. The second-order valence-electron chi connectivity index (χ2n) is 6.98. The minimum atomic E-state index is -0.169. The van der Waals surface area contributed by atoms with Crippen molar-refractivity contribution in [2.24, 2.45) is 5.73 Å². The molecule has 8 heteroatoms. The molecule has 3 aromatic rings. The number of piperidine rings is 1. The lowest BCUT2D eigenvalue weighted by molar-refractivity contribution is 0.491. The van der Waals surface area contributed by atoms with Crippen molar-refractivity contribution in [3.63, 3.8) is 0 Å². The molecule has 8 nitrogen and oxygen atoms in total. The molecule has 138 valence electrons.